The molecule has 0 aromatic rings. The Morgan fingerprint density at radius 3 is 2.20 bits per heavy atom. The Labute approximate surface area is 124 Å². The molecule has 0 aliphatic carbocycles. The first-order valence-corrected chi connectivity index (χ1v) is 7.95. The van der Waals surface area contributed by atoms with E-state index in [4.69, 9.17) is 0 Å². The Balaban J connectivity index is 2.09. The lowest BCUT2D eigenvalue weighted by atomic mass is 10.2. The van der Waals surface area contributed by atoms with Gasteiger partial charge in [-0.2, -0.15) is 0 Å². The van der Waals surface area contributed by atoms with E-state index in [-0.39, 0.29) is 6.10 Å². The fourth-order valence-corrected chi connectivity index (χ4v) is 2.44. The molecule has 1 aliphatic rings. The molecule has 1 rings (SSSR count). The van der Waals surface area contributed by atoms with Gasteiger partial charge in [0.1, 0.15) is 0 Å². The van der Waals surface area contributed by atoms with Gasteiger partial charge in [0, 0.05) is 52.4 Å². The maximum Gasteiger partial charge on any atom is 0.0791 e. The van der Waals surface area contributed by atoms with Crippen molar-refractivity contribution >= 4 is 0 Å². The van der Waals surface area contributed by atoms with Crippen molar-refractivity contribution in [1.82, 2.24) is 20.0 Å². The maximum atomic E-state index is 10.0. The van der Waals surface area contributed by atoms with Gasteiger partial charge >= 0.3 is 0 Å². The number of likely N-dealkylation sites (N-methyl/N-ethyl adjacent to an activating group) is 1. The minimum Gasteiger partial charge on any atom is -0.390 e. The van der Waals surface area contributed by atoms with Crippen LogP contribution in [0.4, 0.5) is 0 Å². The van der Waals surface area contributed by atoms with Gasteiger partial charge in [0.2, 0.25) is 0 Å². The number of hydrogen-bond acceptors (Lipinski definition) is 5. The Kier molecular flexibility index (Phi) is 8.64. The summed E-state index contributed by atoms with van der Waals surface area (Å²) >= 11 is 0. The van der Waals surface area contributed by atoms with Crippen LogP contribution < -0.4 is 5.32 Å². The van der Waals surface area contributed by atoms with Crippen LogP contribution in [-0.4, -0.2) is 98.9 Å². The normalized spacial score (nSPS) is 19.9. The fraction of sp³-hybridized carbons (Fsp3) is 1.00. The predicted octanol–water partition coefficient (Wildman–Crippen LogP) is -0.228. The number of rotatable bonds is 9. The summed E-state index contributed by atoms with van der Waals surface area (Å²) in [4.78, 5) is 7.13. The smallest absolute Gasteiger partial charge is 0.0791 e. The highest BCUT2D eigenvalue weighted by molar-refractivity contribution is 4.75. The second kappa shape index (κ2) is 9.68. The monoisotopic (exact) mass is 286 g/mol. The number of aliphatic hydroxyl groups excluding tert-OH is 1. The van der Waals surface area contributed by atoms with Crippen LogP contribution in [0.25, 0.3) is 0 Å². The molecule has 1 fully saturated rings. The Hall–Kier alpha value is -0.200. The molecule has 0 amide bonds. The van der Waals surface area contributed by atoms with E-state index in [1.54, 1.807) is 0 Å². The van der Waals surface area contributed by atoms with Gasteiger partial charge in [0.05, 0.1) is 6.10 Å². The summed E-state index contributed by atoms with van der Waals surface area (Å²) in [7, 11) is 4.24. The number of aliphatic hydroxyl groups is 1. The first-order chi connectivity index (χ1) is 9.47. The van der Waals surface area contributed by atoms with Gasteiger partial charge in [-0.25, -0.2) is 0 Å². The SMILES string of the molecule is CC(C)CNCC(O)CN1CCN(CCN(C)C)CC1. The summed E-state index contributed by atoms with van der Waals surface area (Å²) in [6, 6.07) is 0. The van der Waals surface area contributed by atoms with Crippen molar-refractivity contribution in [1.29, 1.82) is 0 Å². The van der Waals surface area contributed by atoms with E-state index in [1.165, 1.54) is 0 Å². The Bertz CT molecular complexity index is 240. The zero-order valence-corrected chi connectivity index (χ0v) is 13.8. The molecule has 120 valence electrons. The van der Waals surface area contributed by atoms with Gasteiger partial charge in [-0.1, -0.05) is 13.8 Å². The van der Waals surface area contributed by atoms with E-state index in [0.717, 1.165) is 52.4 Å². The van der Waals surface area contributed by atoms with Crippen LogP contribution in [0.15, 0.2) is 0 Å². The fourth-order valence-electron chi connectivity index (χ4n) is 2.44. The van der Waals surface area contributed by atoms with Crippen LogP contribution in [0.2, 0.25) is 0 Å². The van der Waals surface area contributed by atoms with Gasteiger partial charge in [-0.05, 0) is 26.6 Å². The van der Waals surface area contributed by atoms with E-state index in [0.29, 0.717) is 12.5 Å². The van der Waals surface area contributed by atoms with Gasteiger partial charge in [-0.3, -0.25) is 9.80 Å². The quantitative estimate of drug-likeness (QED) is 0.613. The molecule has 1 saturated heterocycles. The second-order valence-electron chi connectivity index (χ2n) is 6.65. The first kappa shape index (κ1) is 17.9. The molecule has 5 heteroatoms. The van der Waals surface area contributed by atoms with Crippen LogP contribution in [0, 0.1) is 5.92 Å². The third kappa shape index (κ3) is 8.17. The van der Waals surface area contributed by atoms with E-state index >= 15 is 0 Å². The molecule has 20 heavy (non-hydrogen) atoms. The number of piperazine rings is 1. The molecule has 1 atom stereocenters. The molecule has 0 aromatic heterocycles. The van der Waals surface area contributed by atoms with Crippen molar-refractivity contribution < 1.29 is 5.11 Å². The molecular weight excluding hydrogens is 252 g/mol. The molecule has 0 bridgehead atoms. The lowest BCUT2D eigenvalue weighted by molar-refractivity contribution is 0.0702. The van der Waals surface area contributed by atoms with E-state index in [1.807, 2.05) is 0 Å². The molecular formula is C15H34N4O. The Morgan fingerprint density at radius 2 is 1.65 bits per heavy atom. The average Bonchev–Trinajstić information content (AvgIpc) is 2.37. The van der Waals surface area contributed by atoms with Crippen molar-refractivity contribution in [2.45, 2.75) is 20.0 Å². The molecule has 1 aliphatic heterocycles. The number of nitrogens with zero attached hydrogens (tertiary/aromatic N) is 3. The van der Waals surface area contributed by atoms with Gasteiger partial charge in [0.15, 0.2) is 0 Å². The third-order valence-electron chi connectivity index (χ3n) is 3.73. The topological polar surface area (TPSA) is 42.0 Å². The summed E-state index contributed by atoms with van der Waals surface area (Å²) in [5.41, 5.74) is 0. The molecule has 0 radical (unpaired) electrons. The lowest BCUT2D eigenvalue weighted by Gasteiger charge is -2.36. The minimum atomic E-state index is -0.248. The van der Waals surface area contributed by atoms with Crippen molar-refractivity contribution in [3.05, 3.63) is 0 Å². The van der Waals surface area contributed by atoms with Crippen LogP contribution in [0.3, 0.4) is 0 Å². The van der Waals surface area contributed by atoms with E-state index in [9.17, 15) is 5.11 Å². The van der Waals surface area contributed by atoms with Gasteiger partial charge < -0.3 is 15.3 Å². The number of hydrogen-bond donors (Lipinski definition) is 2. The van der Waals surface area contributed by atoms with Crippen LogP contribution in [0.5, 0.6) is 0 Å². The summed E-state index contributed by atoms with van der Waals surface area (Å²) in [6.07, 6.45) is -0.248. The second-order valence-corrected chi connectivity index (χ2v) is 6.65. The molecule has 5 nitrogen and oxygen atoms in total. The van der Waals surface area contributed by atoms with Crippen molar-refractivity contribution in [3.63, 3.8) is 0 Å². The molecule has 2 N–H and O–H groups in total. The van der Waals surface area contributed by atoms with Crippen LogP contribution in [0.1, 0.15) is 13.8 Å². The summed E-state index contributed by atoms with van der Waals surface area (Å²) < 4.78 is 0. The zero-order chi connectivity index (χ0) is 15.0. The minimum absolute atomic E-state index is 0.248. The van der Waals surface area contributed by atoms with Crippen LogP contribution in [-0.2, 0) is 0 Å². The Morgan fingerprint density at radius 1 is 1.05 bits per heavy atom. The van der Waals surface area contributed by atoms with Crippen LogP contribution >= 0.6 is 0 Å². The summed E-state index contributed by atoms with van der Waals surface area (Å²) in [5.74, 6) is 0.641. The zero-order valence-electron chi connectivity index (χ0n) is 13.8. The van der Waals surface area contributed by atoms with Crippen molar-refractivity contribution in [2.75, 3.05) is 73.0 Å². The molecule has 1 heterocycles. The first-order valence-electron chi connectivity index (χ1n) is 7.95. The maximum absolute atomic E-state index is 10.0. The average molecular weight is 286 g/mol. The lowest BCUT2D eigenvalue weighted by Crippen LogP contribution is -2.50. The van der Waals surface area contributed by atoms with E-state index in [2.05, 4.69) is 48.0 Å². The largest absolute Gasteiger partial charge is 0.390 e. The predicted molar refractivity (Wildman–Crippen MR) is 85.1 cm³/mol. The standard InChI is InChI=1S/C15H34N4O/c1-14(2)11-16-12-15(20)13-19-9-7-18(8-10-19)6-5-17(3)4/h14-16,20H,5-13H2,1-4H3. The summed E-state index contributed by atoms with van der Waals surface area (Å²) in [5, 5.41) is 13.4. The molecule has 1 unspecified atom stereocenters. The third-order valence-corrected chi connectivity index (χ3v) is 3.73. The summed E-state index contributed by atoms with van der Waals surface area (Å²) in [6.45, 7) is 13.5. The van der Waals surface area contributed by atoms with Crippen molar-refractivity contribution in [3.8, 4) is 0 Å². The molecule has 0 spiro atoms. The highest BCUT2D eigenvalue weighted by Crippen LogP contribution is 2.02. The van der Waals surface area contributed by atoms with E-state index < -0.39 is 0 Å². The van der Waals surface area contributed by atoms with Gasteiger partial charge in [-0.15, -0.1) is 0 Å². The molecule has 0 saturated carbocycles. The van der Waals surface area contributed by atoms with Gasteiger partial charge in [0.25, 0.3) is 0 Å². The van der Waals surface area contributed by atoms with Crippen molar-refractivity contribution in [2.24, 2.45) is 5.92 Å². The highest BCUT2D eigenvalue weighted by Gasteiger charge is 2.18. The highest BCUT2D eigenvalue weighted by atomic mass is 16.3. The number of nitrogens with one attached hydrogen (secondary N) is 1. The molecule has 0 aromatic carbocycles. The number of β-amino-alcohol motifs (C(OH)–C–C–N with tert-alkyl or cyclic N) is 1.